The summed E-state index contributed by atoms with van der Waals surface area (Å²) in [5, 5.41) is 10.9. The third kappa shape index (κ3) is 4.46. The maximum atomic E-state index is 10.9. The first-order valence-electron chi connectivity index (χ1n) is 8.42. The zero-order chi connectivity index (χ0) is 14.3. The van der Waals surface area contributed by atoms with Crippen molar-refractivity contribution in [2.45, 2.75) is 89.7 Å². The molecule has 1 saturated carbocycles. The van der Waals surface area contributed by atoms with Gasteiger partial charge in [-0.25, -0.2) is 0 Å². The van der Waals surface area contributed by atoms with E-state index in [1.165, 1.54) is 57.8 Å². The van der Waals surface area contributed by atoms with Gasteiger partial charge in [-0.3, -0.25) is 0 Å². The molecule has 0 aliphatic heterocycles. The monoisotopic (exact) mass is 269 g/mol. The lowest BCUT2D eigenvalue weighted by molar-refractivity contribution is -0.0438. The van der Waals surface area contributed by atoms with Crippen molar-refractivity contribution in [3.8, 4) is 0 Å². The summed E-state index contributed by atoms with van der Waals surface area (Å²) in [5.74, 6) is 0.703. The second-order valence-electron chi connectivity index (χ2n) is 6.73. The average molecular weight is 269 g/mol. The Bertz CT molecular complexity index is 233. The van der Waals surface area contributed by atoms with Crippen molar-refractivity contribution in [3.63, 3.8) is 0 Å². The van der Waals surface area contributed by atoms with Crippen LogP contribution in [0.3, 0.4) is 0 Å². The summed E-state index contributed by atoms with van der Waals surface area (Å²) in [6.07, 6.45) is 12.2. The molecule has 2 atom stereocenters. The SMILES string of the molecule is CCCCC(CC)CC(O)C1(N(C)C)CCCCC1. The third-order valence-corrected chi connectivity index (χ3v) is 5.33. The van der Waals surface area contributed by atoms with Gasteiger partial charge in [-0.15, -0.1) is 0 Å². The van der Waals surface area contributed by atoms with Gasteiger partial charge in [0.25, 0.3) is 0 Å². The first-order valence-corrected chi connectivity index (χ1v) is 8.42. The molecule has 0 amide bonds. The number of hydrogen-bond donors (Lipinski definition) is 1. The minimum Gasteiger partial charge on any atom is -0.391 e. The van der Waals surface area contributed by atoms with Gasteiger partial charge >= 0.3 is 0 Å². The number of likely N-dealkylation sites (N-methyl/N-ethyl adjacent to an activating group) is 1. The second kappa shape index (κ2) is 8.26. The molecule has 114 valence electrons. The molecule has 0 heterocycles. The maximum absolute atomic E-state index is 10.9. The van der Waals surface area contributed by atoms with E-state index >= 15 is 0 Å². The van der Waals surface area contributed by atoms with Crippen LogP contribution in [0.4, 0.5) is 0 Å². The second-order valence-corrected chi connectivity index (χ2v) is 6.73. The Hall–Kier alpha value is -0.0800. The van der Waals surface area contributed by atoms with E-state index in [9.17, 15) is 5.11 Å². The van der Waals surface area contributed by atoms with E-state index in [0.717, 1.165) is 6.42 Å². The highest BCUT2D eigenvalue weighted by molar-refractivity contribution is 4.97. The minimum absolute atomic E-state index is 0.0535. The number of unbranched alkanes of at least 4 members (excludes halogenated alkanes) is 1. The first-order chi connectivity index (χ1) is 9.06. The van der Waals surface area contributed by atoms with Crippen molar-refractivity contribution in [3.05, 3.63) is 0 Å². The molecule has 0 aromatic carbocycles. The lowest BCUT2D eigenvalue weighted by atomic mass is 9.73. The zero-order valence-corrected chi connectivity index (χ0v) is 13.6. The van der Waals surface area contributed by atoms with E-state index in [-0.39, 0.29) is 11.6 Å². The van der Waals surface area contributed by atoms with Crippen LogP contribution < -0.4 is 0 Å². The molecular formula is C17H35NO. The smallest absolute Gasteiger partial charge is 0.0726 e. The van der Waals surface area contributed by atoms with Gasteiger partial charge in [0.05, 0.1) is 6.10 Å². The Morgan fingerprint density at radius 2 is 1.74 bits per heavy atom. The lowest BCUT2D eigenvalue weighted by Crippen LogP contribution is -2.55. The van der Waals surface area contributed by atoms with Crippen LogP contribution in [-0.2, 0) is 0 Å². The Balaban J connectivity index is 2.62. The topological polar surface area (TPSA) is 23.5 Å². The van der Waals surface area contributed by atoms with Crippen LogP contribution in [0.1, 0.15) is 78.1 Å². The molecule has 1 aliphatic carbocycles. The van der Waals surface area contributed by atoms with E-state index in [1.54, 1.807) is 0 Å². The number of hydrogen-bond acceptors (Lipinski definition) is 2. The molecule has 0 spiro atoms. The summed E-state index contributed by atoms with van der Waals surface area (Å²) in [6, 6.07) is 0. The maximum Gasteiger partial charge on any atom is 0.0726 e. The number of rotatable bonds is 8. The van der Waals surface area contributed by atoms with Crippen LogP contribution in [0.2, 0.25) is 0 Å². The van der Waals surface area contributed by atoms with E-state index in [1.807, 2.05) is 0 Å². The summed E-state index contributed by atoms with van der Waals surface area (Å²) in [4.78, 5) is 2.31. The van der Waals surface area contributed by atoms with Gasteiger partial charge in [0.1, 0.15) is 0 Å². The Labute approximate surface area is 120 Å². The summed E-state index contributed by atoms with van der Waals surface area (Å²) in [6.45, 7) is 4.53. The molecule has 0 aromatic heterocycles. The minimum atomic E-state index is -0.149. The molecule has 1 fully saturated rings. The standard InChI is InChI=1S/C17H35NO/c1-5-7-11-15(6-2)14-16(19)17(18(3)4)12-9-8-10-13-17/h15-16,19H,5-14H2,1-4H3. The largest absolute Gasteiger partial charge is 0.391 e. The van der Waals surface area contributed by atoms with Crippen molar-refractivity contribution in [2.75, 3.05) is 14.1 Å². The molecule has 19 heavy (non-hydrogen) atoms. The van der Waals surface area contributed by atoms with Crippen molar-refractivity contribution in [1.29, 1.82) is 0 Å². The molecule has 2 unspecified atom stereocenters. The highest BCUT2D eigenvalue weighted by Crippen LogP contribution is 2.38. The van der Waals surface area contributed by atoms with E-state index in [4.69, 9.17) is 0 Å². The molecule has 1 N–H and O–H groups in total. The van der Waals surface area contributed by atoms with Gasteiger partial charge < -0.3 is 10.0 Å². The molecule has 2 heteroatoms. The van der Waals surface area contributed by atoms with Gasteiger partial charge in [0, 0.05) is 5.54 Å². The number of nitrogens with zero attached hydrogens (tertiary/aromatic N) is 1. The van der Waals surface area contributed by atoms with Gasteiger partial charge in [-0.05, 0) is 39.3 Å². The molecule has 0 radical (unpaired) electrons. The molecule has 0 aromatic rings. The normalized spacial score (nSPS) is 22.4. The van der Waals surface area contributed by atoms with Crippen molar-refractivity contribution in [1.82, 2.24) is 4.90 Å². The average Bonchev–Trinajstić information content (AvgIpc) is 2.43. The Kier molecular flexibility index (Phi) is 7.38. The Morgan fingerprint density at radius 3 is 2.21 bits per heavy atom. The van der Waals surface area contributed by atoms with Crippen LogP contribution in [0.5, 0.6) is 0 Å². The van der Waals surface area contributed by atoms with Gasteiger partial charge in [-0.1, -0.05) is 58.8 Å². The van der Waals surface area contributed by atoms with Gasteiger partial charge in [-0.2, -0.15) is 0 Å². The fourth-order valence-corrected chi connectivity index (χ4v) is 3.76. The predicted molar refractivity (Wildman–Crippen MR) is 83.4 cm³/mol. The van der Waals surface area contributed by atoms with Crippen molar-refractivity contribution >= 4 is 0 Å². The lowest BCUT2D eigenvalue weighted by Gasteiger charge is -2.47. The molecular weight excluding hydrogens is 234 g/mol. The van der Waals surface area contributed by atoms with Crippen LogP contribution in [0.25, 0.3) is 0 Å². The van der Waals surface area contributed by atoms with Gasteiger partial charge in [0.2, 0.25) is 0 Å². The number of aliphatic hydroxyl groups excluding tert-OH is 1. The van der Waals surface area contributed by atoms with Crippen LogP contribution in [0, 0.1) is 5.92 Å². The summed E-state index contributed by atoms with van der Waals surface area (Å²) >= 11 is 0. The highest BCUT2D eigenvalue weighted by Gasteiger charge is 2.41. The molecule has 0 saturated heterocycles. The van der Waals surface area contributed by atoms with Crippen molar-refractivity contribution < 1.29 is 5.11 Å². The summed E-state index contributed by atoms with van der Waals surface area (Å²) in [5.41, 5.74) is 0.0535. The van der Waals surface area contributed by atoms with E-state index in [2.05, 4.69) is 32.8 Å². The first kappa shape index (κ1) is 17.0. The van der Waals surface area contributed by atoms with E-state index < -0.39 is 0 Å². The fraction of sp³-hybridized carbons (Fsp3) is 1.00. The fourth-order valence-electron chi connectivity index (χ4n) is 3.76. The quantitative estimate of drug-likeness (QED) is 0.713. The van der Waals surface area contributed by atoms with Gasteiger partial charge in [0.15, 0.2) is 0 Å². The van der Waals surface area contributed by atoms with Crippen LogP contribution in [0.15, 0.2) is 0 Å². The predicted octanol–water partition coefficient (Wildman–Crippen LogP) is 4.22. The molecule has 2 nitrogen and oxygen atoms in total. The van der Waals surface area contributed by atoms with Crippen LogP contribution >= 0.6 is 0 Å². The Morgan fingerprint density at radius 1 is 1.11 bits per heavy atom. The zero-order valence-electron chi connectivity index (χ0n) is 13.6. The molecule has 1 rings (SSSR count). The third-order valence-electron chi connectivity index (χ3n) is 5.33. The molecule has 1 aliphatic rings. The summed E-state index contributed by atoms with van der Waals surface area (Å²) < 4.78 is 0. The highest BCUT2D eigenvalue weighted by atomic mass is 16.3. The number of aliphatic hydroxyl groups is 1. The van der Waals surface area contributed by atoms with Crippen LogP contribution in [-0.4, -0.2) is 35.7 Å². The molecule has 0 bridgehead atoms. The summed E-state index contributed by atoms with van der Waals surface area (Å²) in [7, 11) is 4.31. The van der Waals surface area contributed by atoms with Crippen molar-refractivity contribution in [2.24, 2.45) is 5.92 Å². The van der Waals surface area contributed by atoms with E-state index in [0.29, 0.717) is 5.92 Å².